The van der Waals surface area contributed by atoms with Gasteiger partial charge in [-0.25, -0.2) is 9.59 Å². The number of esters is 2. The summed E-state index contributed by atoms with van der Waals surface area (Å²) in [6.07, 6.45) is 2.86. The second kappa shape index (κ2) is 8.34. The van der Waals surface area contributed by atoms with Crippen molar-refractivity contribution in [3.63, 3.8) is 0 Å². The van der Waals surface area contributed by atoms with Crippen LogP contribution >= 0.6 is 0 Å². The van der Waals surface area contributed by atoms with Crippen molar-refractivity contribution in [3.05, 3.63) is 76.2 Å². The molecule has 0 spiro atoms. The van der Waals surface area contributed by atoms with Gasteiger partial charge in [0.1, 0.15) is 28.8 Å². The Kier molecular flexibility index (Phi) is 5.57. The van der Waals surface area contributed by atoms with Gasteiger partial charge in [-0.2, -0.15) is 0 Å². The average Bonchev–Trinajstić information content (AvgIpc) is 2.71. The molecule has 0 unspecified atom stereocenters. The van der Waals surface area contributed by atoms with Crippen molar-refractivity contribution in [1.29, 1.82) is 0 Å². The third-order valence-electron chi connectivity index (χ3n) is 5.15. The van der Waals surface area contributed by atoms with Gasteiger partial charge >= 0.3 is 17.6 Å². The van der Waals surface area contributed by atoms with Gasteiger partial charge in [-0.1, -0.05) is 12.1 Å². The van der Waals surface area contributed by atoms with Crippen LogP contribution in [0.5, 0.6) is 11.5 Å². The van der Waals surface area contributed by atoms with E-state index >= 15 is 0 Å². The summed E-state index contributed by atoms with van der Waals surface area (Å²) in [5.41, 5.74) is 0.791. The Morgan fingerprint density at radius 2 is 1.94 bits per heavy atom. The van der Waals surface area contributed by atoms with Crippen LogP contribution in [-0.2, 0) is 20.7 Å². The second-order valence-electron chi connectivity index (χ2n) is 8.09. The fourth-order valence-corrected chi connectivity index (χ4v) is 3.57. The Hall–Kier alpha value is -3.87. The van der Waals surface area contributed by atoms with E-state index in [1.807, 2.05) is 19.9 Å². The lowest BCUT2D eigenvalue weighted by Crippen LogP contribution is -2.48. The quantitative estimate of drug-likeness (QED) is 0.265. The molecule has 2 heterocycles. The number of ether oxygens (including phenoxy) is 3. The predicted molar refractivity (Wildman–Crippen MR) is 118 cm³/mol. The summed E-state index contributed by atoms with van der Waals surface area (Å²) in [6.45, 7) is 5.00. The lowest BCUT2D eigenvalue weighted by molar-refractivity contribution is -0.155. The van der Waals surface area contributed by atoms with Crippen molar-refractivity contribution in [2.75, 3.05) is 0 Å². The molecule has 1 atom stereocenters. The van der Waals surface area contributed by atoms with Crippen molar-refractivity contribution < 1.29 is 28.2 Å². The Balaban J connectivity index is 1.50. The van der Waals surface area contributed by atoms with Gasteiger partial charge in [-0.05, 0) is 55.3 Å². The SMILES string of the molecule is CC(=O)Oc1cccc(C=CC(=O)O[C@@H]2Cc3cc4ccc(=O)oc4cc3OC2(C)C)c1. The van der Waals surface area contributed by atoms with E-state index < -0.39 is 29.3 Å². The molecule has 3 aromatic rings. The summed E-state index contributed by atoms with van der Waals surface area (Å²) in [5, 5.41) is 0.768. The maximum Gasteiger partial charge on any atom is 0.336 e. The van der Waals surface area contributed by atoms with E-state index in [1.165, 1.54) is 19.1 Å². The molecule has 7 heteroatoms. The van der Waals surface area contributed by atoms with Crippen molar-refractivity contribution in [1.82, 2.24) is 0 Å². The lowest BCUT2D eigenvalue weighted by Gasteiger charge is -2.39. The smallest absolute Gasteiger partial charge is 0.336 e. The van der Waals surface area contributed by atoms with Gasteiger partial charge in [0.25, 0.3) is 0 Å². The standard InChI is InChI=1S/C25H22O7/c1-15(26)29-19-6-4-5-16(11-19)7-9-24(28)31-22-13-18-12-17-8-10-23(27)30-20(17)14-21(18)32-25(22,2)3/h4-12,14,22H,13H2,1-3H3/t22-/m1/s1. The van der Waals surface area contributed by atoms with Gasteiger partial charge in [0.05, 0.1) is 0 Å². The average molecular weight is 434 g/mol. The minimum atomic E-state index is -0.783. The van der Waals surface area contributed by atoms with Gasteiger partial charge in [0.2, 0.25) is 0 Å². The first-order chi connectivity index (χ1) is 15.2. The van der Waals surface area contributed by atoms with Crippen molar-refractivity contribution in [2.45, 2.75) is 38.9 Å². The molecule has 7 nitrogen and oxygen atoms in total. The third-order valence-corrected chi connectivity index (χ3v) is 5.15. The molecule has 1 aromatic heterocycles. The molecule has 164 valence electrons. The number of rotatable bonds is 4. The van der Waals surface area contributed by atoms with Crippen molar-refractivity contribution in [2.24, 2.45) is 0 Å². The maximum absolute atomic E-state index is 12.5. The minimum absolute atomic E-state index is 0.398. The van der Waals surface area contributed by atoms with Crippen LogP contribution in [0.15, 0.2) is 63.8 Å². The van der Waals surface area contributed by atoms with Crippen LogP contribution in [0.4, 0.5) is 0 Å². The number of carbonyl (C=O) groups is 2. The van der Waals surface area contributed by atoms with Crippen LogP contribution in [0.1, 0.15) is 31.9 Å². The lowest BCUT2D eigenvalue weighted by atomic mass is 9.90. The number of hydrogen-bond donors (Lipinski definition) is 0. The Morgan fingerprint density at radius 3 is 2.72 bits per heavy atom. The highest BCUT2D eigenvalue weighted by Gasteiger charge is 2.39. The molecule has 0 amide bonds. The fourth-order valence-electron chi connectivity index (χ4n) is 3.57. The molecule has 0 aliphatic carbocycles. The molecular weight excluding hydrogens is 412 g/mol. The third kappa shape index (κ3) is 4.72. The van der Waals surface area contributed by atoms with Gasteiger partial charge in [-0.3, -0.25) is 4.79 Å². The van der Waals surface area contributed by atoms with Gasteiger partial charge < -0.3 is 18.6 Å². The van der Waals surface area contributed by atoms with E-state index in [9.17, 15) is 14.4 Å². The summed E-state index contributed by atoms with van der Waals surface area (Å²) in [4.78, 5) is 35.1. The van der Waals surface area contributed by atoms with Crippen LogP contribution in [0.25, 0.3) is 17.0 Å². The zero-order valence-electron chi connectivity index (χ0n) is 17.9. The van der Waals surface area contributed by atoms with E-state index in [4.69, 9.17) is 18.6 Å². The largest absolute Gasteiger partial charge is 0.484 e. The molecule has 2 aromatic carbocycles. The number of benzene rings is 2. The van der Waals surface area contributed by atoms with Crippen LogP contribution in [0.3, 0.4) is 0 Å². The molecule has 1 aliphatic rings. The number of carbonyl (C=O) groups excluding carboxylic acids is 2. The Bertz CT molecular complexity index is 1280. The molecule has 32 heavy (non-hydrogen) atoms. The van der Waals surface area contributed by atoms with Gasteiger partial charge in [0, 0.05) is 36.9 Å². The summed E-state index contributed by atoms with van der Waals surface area (Å²) in [6, 6.07) is 13.4. The summed E-state index contributed by atoms with van der Waals surface area (Å²) in [7, 11) is 0. The topological polar surface area (TPSA) is 92.0 Å². The highest BCUT2D eigenvalue weighted by atomic mass is 16.6. The molecule has 0 saturated carbocycles. The molecule has 0 radical (unpaired) electrons. The van der Waals surface area contributed by atoms with Crippen molar-refractivity contribution >= 4 is 29.0 Å². The molecule has 1 aliphatic heterocycles. The zero-order valence-corrected chi connectivity index (χ0v) is 17.9. The minimum Gasteiger partial charge on any atom is -0.484 e. The second-order valence-corrected chi connectivity index (χ2v) is 8.09. The molecule has 0 bridgehead atoms. The van der Waals surface area contributed by atoms with Crippen LogP contribution in [-0.4, -0.2) is 23.6 Å². The fraction of sp³-hybridized carbons (Fsp3) is 0.240. The number of hydrogen-bond acceptors (Lipinski definition) is 7. The first kappa shape index (κ1) is 21.4. The molecule has 0 saturated heterocycles. The first-order valence-corrected chi connectivity index (χ1v) is 10.1. The van der Waals surface area contributed by atoms with Gasteiger partial charge in [0.15, 0.2) is 0 Å². The van der Waals surface area contributed by atoms with Gasteiger partial charge in [-0.15, -0.1) is 0 Å². The Labute approximate surface area is 184 Å². The number of fused-ring (bicyclic) bond motifs is 2. The van der Waals surface area contributed by atoms with Crippen molar-refractivity contribution in [3.8, 4) is 11.5 Å². The summed E-state index contributed by atoms with van der Waals surface area (Å²) >= 11 is 0. The van der Waals surface area contributed by atoms with E-state index in [2.05, 4.69) is 0 Å². The van der Waals surface area contributed by atoms with Crippen LogP contribution in [0.2, 0.25) is 0 Å². The van der Waals surface area contributed by atoms with E-state index in [0.717, 1.165) is 10.9 Å². The molecular formula is C25H22O7. The maximum atomic E-state index is 12.5. The molecule has 4 rings (SSSR count). The summed E-state index contributed by atoms with van der Waals surface area (Å²) in [5.74, 6) is 0.0662. The van der Waals surface area contributed by atoms with E-state index in [0.29, 0.717) is 29.1 Å². The normalized spacial score (nSPS) is 16.9. The predicted octanol–water partition coefficient (Wildman–Crippen LogP) is 4.06. The summed E-state index contributed by atoms with van der Waals surface area (Å²) < 4.78 is 22.1. The molecule has 0 N–H and O–H groups in total. The molecule has 0 fully saturated rings. The van der Waals surface area contributed by atoms with Crippen LogP contribution in [0, 0.1) is 0 Å². The van der Waals surface area contributed by atoms with Crippen LogP contribution < -0.4 is 15.1 Å². The Morgan fingerprint density at radius 1 is 1.12 bits per heavy atom. The van der Waals surface area contributed by atoms with E-state index in [-0.39, 0.29) is 0 Å². The van der Waals surface area contributed by atoms with E-state index in [1.54, 1.807) is 42.5 Å². The monoisotopic (exact) mass is 434 g/mol. The first-order valence-electron chi connectivity index (χ1n) is 10.1. The highest BCUT2D eigenvalue weighted by Crippen LogP contribution is 2.37. The highest BCUT2D eigenvalue weighted by molar-refractivity contribution is 5.87. The zero-order chi connectivity index (χ0) is 22.9.